The van der Waals surface area contributed by atoms with Crippen molar-refractivity contribution in [3.05, 3.63) is 0 Å². The van der Waals surface area contributed by atoms with Crippen LogP contribution in [0.1, 0.15) is 60.8 Å². The minimum atomic E-state index is -0.852. The van der Waals surface area contributed by atoms with Crippen LogP contribution in [0.25, 0.3) is 0 Å². The van der Waals surface area contributed by atoms with Crippen molar-refractivity contribution in [2.45, 2.75) is 78.4 Å². The summed E-state index contributed by atoms with van der Waals surface area (Å²) in [6.07, 6.45) is 3.10. The first kappa shape index (κ1) is 17.4. The lowest BCUT2D eigenvalue weighted by Crippen LogP contribution is -2.56. The van der Waals surface area contributed by atoms with E-state index in [0.717, 1.165) is 13.1 Å². The van der Waals surface area contributed by atoms with E-state index in [1.165, 1.54) is 12.8 Å². The maximum atomic E-state index is 11.6. The lowest BCUT2D eigenvalue weighted by atomic mass is 9.82. The van der Waals surface area contributed by atoms with Gasteiger partial charge in [-0.2, -0.15) is 0 Å². The molecule has 1 heterocycles. The van der Waals surface area contributed by atoms with Crippen LogP contribution in [0.5, 0.6) is 0 Å². The van der Waals surface area contributed by atoms with Crippen LogP contribution in [0.2, 0.25) is 0 Å². The van der Waals surface area contributed by atoms with Crippen molar-refractivity contribution in [1.29, 1.82) is 0 Å². The summed E-state index contributed by atoms with van der Waals surface area (Å²) in [5.41, 5.74) is -0.507. The van der Waals surface area contributed by atoms with Gasteiger partial charge in [-0.3, -0.25) is 10.1 Å². The summed E-state index contributed by atoms with van der Waals surface area (Å²) in [5, 5.41) is 12.8. The Morgan fingerprint density at radius 2 is 2.00 bits per heavy atom. The first-order valence-corrected chi connectivity index (χ1v) is 7.81. The van der Waals surface area contributed by atoms with Crippen molar-refractivity contribution in [2.24, 2.45) is 5.41 Å². The lowest BCUT2D eigenvalue weighted by Gasteiger charge is -2.43. The first-order valence-electron chi connectivity index (χ1n) is 7.81. The average Bonchev–Trinajstić information content (AvgIpc) is 2.25. The predicted molar refractivity (Wildman–Crippen MR) is 83.0 cm³/mol. The molecule has 1 rings (SSSR count). The van der Waals surface area contributed by atoms with Gasteiger partial charge < -0.3 is 10.0 Å². The molecule has 4 heteroatoms. The van der Waals surface area contributed by atoms with Crippen LogP contribution in [-0.2, 0) is 4.79 Å². The topological polar surface area (TPSA) is 52.6 Å². The van der Waals surface area contributed by atoms with Crippen LogP contribution in [0, 0.1) is 5.41 Å². The zero-order valence-corrected chi connectivity index (χ0v) is 14.0. The minimum Gasteiger partial charge on any atom is -0.480 e. The van der Waals surface area contributed by atoms with E-state index in [4.69, 9.17) is 0 Å². The van der Waals surface area contributed by atoms with Gasteiger partial charge in [0.25, 0.3) is 0 Å². The summed E-state index contributed by atoms with van der Waals surface area (Å²) in [6, 6.07) is 0.447. The molecule has 1 aliphatic rings. The minimum absolute atomic E-state index is 0.168. The zero-order chi connectivity index (χ0) is 15.6. The number of aliphatic carboxylic acids is 1. The summed E-state index contributed by atoms with van der Waals surface area (Å²) in [7, 11) is 0. The van der Waals surface area contributed by atoms with Crippen molar-refractivity contribution < 1.29 is 9.90 Å². The molecule has 20 heavy (non-hydrogen) atoms. The number of carboxylic acids is 1. The summed E-state index contributed by atoms with van der Waals surface area (Å²) in [5.74, 6) is -0.755. The summed E-state index contributed by atoms with van der Waals surface area (Å²) >= 11 is 0. The van der Waals surface area contributed by atoms with E-state index in [9.17, 15) is 9.90 Å². The highest BCUT2D eigenvalue weighted by Gasteiger charge is 2.38. The van der Waals surface area contributed by atoms with Crippen molar-refractivity contribution >= 4 is 5.97 Å². The molecule has 0 spiro atoms. The molecule has 0 saturated carbocycles. The van der Waals surface area contributed by atoms with Crippen LogP contribution in [0.3, 0.4) is 0 Å². The van der Waals surface area contributed by atoms with E-state index in [2.05, 4.69) is 31.0 Å². The predicted octanol–water partition coefficient (Wildman–Crippen LogP) is 2.73. The fourth-order valence-corrected chi connectivity index (χ4v) is 3.41. The summed E-state index contributed by atoms with van der Waals surface area (Å²) in [6.45, 7) is 14.7. The van der Waals surface area contributed by atoms with Gasteiger partial charge in [0, 0.05) is 18.6 Å². The van der Waals surface area contributed by atoms with Gasteiger partial charge in [-0.1, -0.05) is 13.8 Å². The number of nitrogens with zero attached hydrogens (tertiary/aromatic N) is 1. The average molecular weight is 284 g/mol. The third-order valence-electron chi connectivity index (χ3n) is 4.34. The molecule has 0 aromatic carbocycles. The second kappa shape index (κ2) is 6.44. The maximum absolute atomic E-state index is 11.6. The molecule has 4 nitrogen and oxygen atoms in total. The molecule has 1 saturated heterocycles. The summed E-state index contributed by atoms with van der Waals surface area (Å²) in [4.78, 5) is 14.1. The van der Waals surface area contributed by atoms with Crippen molar-refractivity contribution in [2.75, 3.05) is 13.1 Å². The number of carboxylic acid groups (broad SMARTS) is 1. The molecule has 1 aliphatic heterocycles. The van der Waals surface area contributed by atoms with Crippen LogP contribution < -0.4 is 5.32 Å². The van der Waals surface area contributed by atoms with Crippen LogP contribution in [0.15, 0.2) is 0 Å². The van der Waals surface area contributed by atoms with Gasteiger partial charge in [-0.05, 0) is 58.9 Å². The molecule has 0 aromatic heterocycles. The number of rotatable bonds is 6. The SMILES string of the molecule is CC(C)NC(C)(CC(C)N1CCCC(C)(C)C1)C(=O)O. The first-order chi connectivity index (χ1) is 9.06. The highest BCUT2D eigenvalue weighted by Crippen LogP contribution is 2.31. The second-order valence-electron chi connectivity index (χ2n) is 7.73. The molecule has 2 unspecified atom stereocenters. The molecule has 0 amide bonds. The van der Waals surface area contributed by atoms with Crippen molar-refractivity contribution in [3.63, 3.8) is 0 Å². The van der Waals surface area contributed by atoms with Gasteiger partial charge in [-0.25, -0.2) is 0 Å². The third-order valence-corrected chi connectivity index (χ3v) is 4.34. The molecule has 1 fully saturated rings. The number of hydrogen-bond donors (Lipinski definition) is 2. The van der Waals surface area contributed by atoms with Crippen LogP contribution in [-0.4, -0.2) is 46.7 Å². The Morgan fingerprint density at radius 1 is 1.40 bits per heavy atom. The van der Waals surface area contributed by atoms with E-state index in [0.29, 0.717) is 11.8 Å². The Hall–Kier alpha value is -0.610. The molecule has 2 N–H and O–H groups in total. The van der Waals surface area contributed by atoms with Gasteiger partial charge in [0.1, 0.15) is 5.54 Å². The van der Waals surface area contributed by atoms with Gasteiger partial charge >= 0.3 is 5.97 Å². The smallest absolute Gasteiger partial charge is 0.323 e. The molecule has 118 valence electrons. The van der Waals surface area contributed by atoms with E-state index in [-0.39, 0.29) is 12.1 Å². The highest BCUT2D eigenvalue weighted by atomic mass is 16.4. The Kier molecular flexibility index (Phi) is 5.61. The standard InChI is InChI=1S/C16H32N2O2/c1-12(2)17-16(6,14(19)20)10-13(3)18-9-7-8-15(4,5)11-18/h12-13,17H,7-11H2,1-6H3,(H,19,20). The molecular formula is C16H32N2O2. The molecule has 0 aliphatic carbocycles. The quantitative estimate of drug-likeness (QED) is 0.787. The monoisotopic (exact) mass is 284 g/mol. The van der Waals surface area contributed by atoms with Crippen molar-refractivity contribution in [1.82, 2.24) is 10.2 Å². The third kappa shape index (κ3) is 4.74. The zero-order valence-electron chi connectivity index (χ0n) is 14.0. The van der Waals surface area contributed by atoms with Crippen LogP contribution in [0.4, 0.5) is 0 Å². The van der Waals surface area contributed by atoms with E-state index in [1.807, 2.05) is 13.8 Å². The normalized spacial score (nSPS) is 24.4. The number of carbonyl (C=O) groups is 1. The number of piperidine rings is 1. The molecule has 2 atom stereocenters. The highest BCUT2D eigenvalue weighted by molar-refractivity contribution is 5.78. The molecule has 0 bridgehead atoms. The Balaban J connectivity index is 2.71. The lowest BCUT2D eigenvalue weighted by molar-refractivity contribution is -0.145. The van der Waals surface area contributed by atoms with Gasteiger partial charge in [-0.15, -0.1) is 0 Å². The number of hydrogen-bond acceptors (Lipinski definition) is 3. The van der Waals surface area contributed by atoms with Crippen LogP contribution >= 0.6 is 0 Å². The van der Waals surface area contributed by atoms with E-state index < -0.39 is 11.5 Å². The fraction of sp³-hybridized carbons (Fsp3) is 0.938. The second-order valence-corrected chi connectivity index (χ2v) is 7.73. The van der Waals surface area contributed by atoms with Gasteiger partial charge in [0.15, 0.2) is 0 Å². The van der Waals surface area contributed by atoms with Gasteiger partial charge in [0.05, 0.1) is 0 Å². The Bertz CT molecular complexity index is 341. The van der Waals surface area contributed by atoms with Crippen molar-refractivity contribution in [3.8, 4) is 0 Å². The molecule has 0 aromatic rings. The molecular weight excluding hydrogens is 252 g/mol. The van der Waals surface area contributed by atoms with E-state index >= 15 is 0 Å². The Morgan fingerprint density at radius 3 is 2.45 bits per heavy atom. The number of likely N-dealkylation sites (tertiary alicyclic amines) is 1. The Labute approximate surface area is 123 Å². The maximum Gasteiger partial charge on any atom is 0.323 e. The number of nitrogens with one attached hydrogen (secondary N) is 1. The fourth-order valence-electron chi connectivity index (χ4n) is 3.41. The van der Waals surface area contributed by atoms with Gasteiger partial charge in [0.2, 0.25) is 0 Å². The largest absolute Gasteiger partial charge is 0.480 e. The molecule has 0 radical (unpaired) electrons. The summed E-state index contributed by atoms with van der Waals surface area (Å²) < 4.78 is 0. The van der Waals surface area contributed by atoms with E-state index in [1.54, 1.807) is 6.92 Å².